The molecule has 21 heavy (non-hydrogen) atoms. The molecule has 2 aliphatic carbocycles. The van der Waals surface area contributed by atoms with Gasteiger partial charge in [0.15, 0.2) is 0 Å². The fourth-order valence-electron chi connectivity index (χ4n) is 5.20. The van der Waals surface area contributed by atoms with E-state index in [9.17, 15) is 5.11 Å². The van der Waals surface area contributed by atoms with Crippen LogP contribution in [0.5, 0.6) is 0 Å². The topological polar surface area (TPSA) is 20.2 Å². The van der Waals surface area contributed by atoms with Gasteiger partial charge in [-0.25, -0.2) is 0 Å². The summed E-state index contributed by atoms with van der Waals surface area (Å²) in [4.78, 5) is 2.22. The minimum atomic E-state index is -0.501. The second-order valence-corrected chi connectivity index (χ2v) is 8.92. The van der Waals surface area contributed by atoms with Crippen molar-refractivity contribution in [1.29, 1.82) is 0 Å². The van der Waals surface area contributed by atoms with Crippen molar-refractivity contribution in [3.8, 4) is 0 Å². The van der Waals surface area contributed by atoms with Gasteiger partial charge in [-0.1, -0.05) is 48.2 Å². The molecule has 2 unspecified atom stereocenters. The Kier molecular flexibility index (Phi) is 5.63. The van der Waals surface area contributed by atoms with Crippen molar-refractivity contribution in [2.24, 2.45) is 23.2 Å². The van der Waals surface area contributed by atoms with Crippen LogP contribution in [0, 0.1) is 23.2 Å². The predicted octanol–water partition coefficient (Wildman–Crippen LogP) is 6.06. The third-order valence-corrected chi connectivity index (χ3v) is 6.90. The Bertz CT molecular complexity index is 382. The molecule has 0 bridgehead atoms. The molecule has 0 aromatic carbocycles. The summed E-state index contributed by atoms with van der Waals surface area (Å²) in [6, 6.07) is 0. The van der Waals surface area contributed by atoms with E-state index in [0.717, 1.165) is 30.6 Å². The molecule has 0 aromatic heterocycles. The van der Waals surface area contributed by atoms with E-state index >= 15 is 0 Å². The van der Waals surface area contributed by atoms with Crippen molar-refractivity contribution >= 4 is 15.9 Å². The third-order valence-electron chi connectivity index (χ3n) is 6.31. The molecular formula is C19H33BrO. The maximum absolute atomic E-state index is 9.89. The summed E-state index contributed by atoms with van der Waals surface area (Å²) in [6.07, 6.45) is 10.2. The van der Waals surface area contributed by atoms with Gasteiger partial charge >= 0.3 is 0 Å². The summed E-state index contributed by atoms with van der Waals surface area (Å²) in [5, 5.41) is 9.89. The molecule has 2 fully saturated rings. The van der Waals surface area contributed by atoms with E-state index in [4.69, 9.17) is 0 Å². The maximum Gasteiger partial charge on any atom is 0.0591 e. The van der Waals surface area contributed by atoms with Crippen LogP contribution in [-0.2, 0) is 0 Å². The molecule has 0 radical (unpaired) electrons. The Hall–Kier alpha value is 0.180. The van der Waals surface area contributed by atoms with Gasteiger partial charge in [0.2, 0.25) is 0 Å². The summed E-state index contributed by atoms with van der Waals surface area (Å²) >= 11 is 3.60. The molecule has 1 nitrogen and oxygen atoms in total. The number of fused-ring (bicyclic) bond motifs is 1. The zero-order valence-electron chi connectivity index (χ0n) is 14.3. The van der Waals surface area contributed by atoms with E-state index in [1.165, 1.54) is 38.5 Å². The average Bonchev–Trinajstić information content (AvgIpc) is 2.73. The van der Waals surface area contributed by atoms with Gasteiger partial charge in [-0.3, -0.25) is 0 Å². The lowest BCUT2D eigenvalue weighted by molar-refractivity contribution is 0.0597. The molecule has 2 heteroatoms. The highest BCUT2D eigenvalue weighted by Gasteiger charge is 2.50. The molecule has 0 amide bonds. The van der Waals surface area contributed by atoms with Crippen LogP contribution >= 0.6 is 15.9 Å². The largest absolute Gasteiger partial charge is 0.390 e. The van der Waals surface area contributed by atoms with Crippen LogP contribution in [0.3, 0.4) is 0 Å². The molecule has 0 heterocycles. The quantitative estimate of drug-likeness (QED) is 0.634. The van der Waals surface area contributed by atoms with Gasteiger partial charge in [0, 0.05) is 0 Å². The lowest BCUT2D eigenvalue weighted by Crippen LogP contribution is -2.36. The average molecular weight is 357 g/mol. The first kappa shape index (κ1) is 17.5. The highest BCUT2D eigenvalue weighted by molar-refractivity contribution is 9.11. The molecule has 0 aliphatic heterocycles. The number of halogens is 1. The Morgan fingerprint density at radius 1 is 1.43 bits per heavy atom. The minimum absolute atomic E-state index is 0.501. The zero-order valence-corrected chi connectivity index (χ0v) is 15.9. The summed E-state index contributed by atoms with van der Waals surface area (Å²) in [6.45, 7) is 8.86. The van der Waals surface area contributed by atoms with Crippen molar-refractivity contribution in [2.75, 3.05) is 0 Å². The van der Waals surface area contributed by atoms with Gasteiger partial charge < -0.3 is 5.11 Å². The Labute approximate surface area is 139 Å². The van der Waals surface area contributed by atoms with Crippen LogP contribution < -0.4 is 0 Å². The van der Waals surface area contributed by atoms with E-state index in [0.29, 0.717) is 5.41 Å². The van der Waals surface area contributed by atoms with Crippen LogP contribution in [-0.4, -0.2) is 10.7 Å². The highest BCUT2D eigenvalue weighted by atomic mass is 79.9. The number of rotatable bonds is 5. The van der Waals surface area contributed by atoms with E-state index in [-0.39, 0.29) is 0 Å². The smallest absolute Gasteiger partial charge is 0.0591 e. The first-order valence-electron chi connectivity index (χ1n) is 8.79. The summed E-state index contributed by atoms with van der Waals surface area (Å²) < 4.78 is 0. The van der Waals surface area contributed by atoms with Crippen LogP contribution in [0.15, 0.2) is 10.6 Å². The van der Waals surface area contributed by atoms with Gasteiger partial charge in [0.1, 0.15) is 0 Å². The lowest BCUT2D eigenvalue weighted by Gasteiger charge is -2.44. The molecule has 2 aliphatic rings. The minimum Gasteiger partial charge on any atom is -0.390 e. The van der Waals surface area contributed by atoms with Crippen molar-refractivity contribution in [3.05, 3.63) is 10.6 Å². The molecule has 0 spiro atoms. The normalized spacial score (nSPS) is 36.8. The molecule has 2 rings (SSSR count). The predicted molar refractivity (Wildman–Crippen MR) is 94.5 cm³/mol. The zero-order chi connectivity index (χ0) is 15.7. The van der Waals surface area contributed by atoms with E-state index in [1.54, 1.807) is 5.57 Å². The first-order valence-corrected chi connectivity index (χ1v) is 9.71. The fourth-order valence-corrected chi connectivity index (χ4v) is 5.75. The SMILES string of the molecule is C[C@@H](CCCC(C)(C)O)C1CCC2/C(=C/Br)CCC[C@@]21C. The van der Waals surface area contributed by atoms with E-state index in [2.05, 4.69) is 34.8 Å². The van der Waals surface area contributed by atoms with Gasteiger partial charge in [-0.2, -0.15) is 0 Å². The van der Waals surface area contributed by atoms with Crippen molar-refractivity contribution in [1.82, 2.24) is 0 Å². The first-order chi connectivity index (χ1) is 9.78. The van der Waals surface area contributed by atoms with Gasteiger partial charge in [0.05, 0.1) is 5.60 Å². The third kappa shape index (κ3) is 3.93. The van der Waals surface area contributed by atoms with Crippen molar-refractivity contribution in [2.45, 2.75) is 84.7 Å². The number of aliphatic hydroxyl groups is 1. The summed E-state index contributed by atoms with van der Waals surface area (Å²) in [5.74, 6) is 2.47. The fraction of sp³-hybridized carbons (Fsp3) is 0.895. The Balaban J connectivity index is 1.97. The van der Waals surface area contributed by atoms with E-state index in [1.807, 2.05) is 13.8 Å². The molecule has 1 N–H and O–H groups in total. The molecule has 4 atom stereocenters. The van der Waals surface area contributed by atoms with Crippen LogP contribution in [0.1, 0.15) is 79.1 Å². The molecule has 122 valence electrons. The number of hydrogen-bond acceptors (Lipinski definition) is 1. The van der Waals surface area contributed by atoms with E-state index < -0.39 is 5.60 Å². The second kappa shape index (κ2) is 6.74. The van der Waals surface area contributed by atoms with Gasteiger partial charge in [-0.15, -0.1) is 0 Å². The lowest BCUT2D eigenvalue weighted by atomic mass is 9.61. The highest BCUT2D eigenvalue weighted by Crippen LogP contribution is 2.59. The molecule has 2 saturated carbocycles. The van der Waals surface area contributed by atoms with Crippen LogP contribution in [0.4, 0.5) is 0 Å². The van der Waals surface area contributed by atoms with Gasteiger partial charge in [-0.05, 0) is 80.5 Å². The van der Waals surface area contributed by atoms with Gasteiger partial charge in [0.25, 0.3) is 0 Å². The van der Waals surface area contributed by atoms with Crippen LogP contribution in [0.25, 0.3) is 0 Å². The van der Waals surface area contributed by atoms with Crippen molar-refractivity contribution in [3.63, 3.8) is 0 Å². The van der Waals surface area contributed by atoms with Crippen molar-refractivity contribution < 1.29 is 5.11 Å². The number of allylic oxidation sites excluding steroid dienone is 1. The Morgan fingerprint density at radius 3 is 2.76 bits per heavy atom. The number of hydrogen-bond donors (Lipinski definition) is 1. The maximum atomic E-state index is 9.89. The molecule has 0 saturated heterocycles. The molecule has 0 aromatic rings. The standard InChI is InChI=1S/C19H33BrO/c1-14(7-5-11-18(2,3)21)16-9-10-17-15(13-20)8-6-12-19(16,17)4/h13-14,16-17,21H,5-12H2,1-4H3/b15-13+/t14-,16?,17?,19+/m0/s1. The second-order valence-electron chi connectivity index (χ2n) is 8.46. The summed E-state index contributed by atoms with van der Waals surface area (Å²) in [5.41, 5.74) is 1.68. The molecular weight excluding hydrogens is 324 g/mol. The van der Waals surface area contributed by atoms with Crippen LogP contribution in [0.2, 0.25) is 0 Å². The Morgan fingerprint density at radius 2 is 2.14 bits per heavy atom. The monoisotopic (exact) mass is 356 g/mol. The summed E-state index contributed by atoms with van der Waals surface area (Å²) in [7, 11) is 0.